The first-order valence-electron chi connectivity index (χ1n) is 6.04. The van der Waals surface area contributed by atoms with Gasteiger partial charge in [0.1, 0.15) is 0 Å². The van der Waals surface area contributed by atoms with E-state index in [9.17, 15) is 0 Å². The summed E-state index contributed by atoms with van der Waals surface area (Å²) in [6, 6.07) is 0. The highest BCUT2D eigenvalue weighted by Gasteiger charge is 1.93. The fraction of sp³-hybridized carbons (Fsp3) is 0.833. The Morgan fingerprint density at radius 1 is 0.412 bits per heavy atom. The standard InChI is InChI=1S/C12H22O5/c1-2-4-14-6-8-16-10-12-17-11-9-15-7-5-13-3-1/h1-2H,3-12H2/b2-1+. The minimum absolute atomic E-state index is 0.597. The molecule has 100 valence electrons. The molecule has 5 heteroatoms. The van der Waals surface area contributed by atoms with Crippen molar-refractivity contribution in [3.63, 3.8) is 0 Å². The largest absolute Gasteiger partial charge is 0.377 e. The molecule has 0 aromatic rings. The fourth-order valence-corrected chi connectivity index (χ4v) is 1.22. The van der Waals surface area contributed by atoms with E-state index in [1.165, 1.54) is 0 Å². The fourth-order valence-electron chi connectivity index (χ4n) is 1.22. The Hall–Kier alpha value is -0.460. The van der Waals surface area contributed by atoms with Gasteiger partial charge < -0.3 is 23.7 Å². The Labute approximate surface area is 103 Å². The van der Waals surface area contributed by atoms with E-state index in [0.717, 1.165) is 0 Å². The lowest BCUT2D eigenvalue weighted by atomic mass is 10.5. The Morgan fingerprint density at radius 2 is 0.706 bits per heavy atom. The molecule has 0 saturated carbocycles. The second-order valence-corrected chi connectivity index (χ2v) is 3.46. The molecule has 0 bridgehead atoms. The molecule has 0 unspecified atom stereocenters. The molecule has 0 aromatic carbocycles. The van der Waals surface area contributed by atoms with Gasteiger partial charge >= 0.3 is 0 Å². The maximum absolute atomic E-state index is 5.33. The van der Waals surface area contributed by atoms with Crippen LogP contribution in [0, 0.1) is 0 Å². The number of hydrogen-bond donors (Lipinski definition) is 0. The van der Waals surface area contributed by atoms with E-state index in [0.29, 0.717) is 66.1 Å². The summed E-state index contributed by atoms with van der Waals surface area (Å²) in [6.07, 6.45) is 3.89. The highest BCUT2D eigenvalue weighted by Crippen LogP contribution is 1.86. The minimum Gasteiger partial charge on any atom is -0.377 e. The first-order valence-corrected chi connectivity index (χ1v) is 6.04. The molecular weight excluding hydrogens is 224 g/mol. The monoisotopic (exact) mass is 246 g/mol. The van der Waals surface area contributed by atoms with Gasteiger partial charge in [0.05, 0.1) is 66.1 Å². The van der Waals surface area contributed by atoms with Crippen LogP contribution < -0.4 is 0 Å². The second kappa shape index (κ2) is 12.0. The van der Waals surface area contributed by atoms with Crippen molar-refractivity contribution in [3.05, 3.63) is 12.2 Å². The Balaban J connectivity index is 2.07. The lowest BCUT2D eigenvalue weighted by Gasteiger charge is -2.06. The van der Waals surface area contributed by atoms with E-state index in [1.807, 2.05) is 12.2 Å². The predicted octanol–water partition coefficient (Wildman–Crippen LogP) is 0.639. The van der Waals surface area contributed by atoms with Crippen molar-refractivity contribution in [1.29, 1.82) is 0 Å². The quantitative estimate of drug-likeness (QED) is 0.587. The zero-order chi connectivity index (χ0) is 12.0. The third-order valence-electron chi connectivity index (χ3n) is 2.08. The van der Waals surface area contributed by atoms with Crippen molar-refractivity contribution in [3.8, 4) is 0 Å². The zero-order valence-electron chi connectivity index (χ0n) is 10.3. The van der Waals surface area contributed by atoms with Gasteiger partial charge in [-0.25, -0.2) is 0 Å². The molecule has 5 nitrogen and oxygen atoms in total. The first kappa shape index (κ1) is 14.6. The average Bonchev–Trinajstić information content (AvgIpc) is 2.35. The van der Waals surface area contributed by atoms with Gasteiger partial charge in [0.2, 0.25) is 0 Å². The Morgan fingerprint density at radius 3 is 1.06 bits per heavy atom. The van der Waals surface area contributed by atoms with Gasteiger partial charge in [-0.2, -0.15) is 0 Å². The van der Waals surface area contributed by atoms with Gasteiger partial charge in [0, 0.05) is 0 Å². The number of rotatable bonds is 0. The summed E-state index contributed by atoms with van der Waals surface area (Å²) in [5, 5.41) is 0. The van der Waals surface area contributed by atoms with Crippen molar-refractivity contribution in [1.82, 2.24) is 0 Å². The van der Waals surface area contributed by atoms with Crippen molar-refractivity contribution >= 4 is 0 Å². The van der Waals surface area contributed by atoms with Crippen LogP contribution in [-0.4, -0.2) is 66.1 Å². The van der Waals surface area contributed by atoms with Crippen LogP contribution in [0.15, 0.2) is 12.2 Å². The summed E-state index contributed by atoms with van der Waals surface area (Å²) in [6.45, 7) is 6.00. The first-order chi connectivity index (χ1) is 8.50. The van der Waals surface area contributed by atoms with Crippen LogP contribution in [-0.2, 0) is 23.7 Å². The highest BCUT2D eigenvalue weighted by molar-refractivity contribution is 4.81. The van der Waals surface area contributed by atoms with E-state index in [1.54, 1.807) is 0 Å². The highest BCUT2D eigenvalue weighted by atomic mass is 16.6. The molecule has 0 spiro atoms. The van der Waals surface area contributed by atoms with Crippen LogP contribution >= 0.6 is 0 Å². The van der Waals surface area contributed by atoms with Crippen molar-refractivity contribution in [2.45, 2.75) is 0 Å². The van der Waals surface area contributed by atoms with E-state index in [2.05, 4.69) is 0 Å². The third-order valence-corrected chi connectivity index (χ3v) is 2.08. The van der Waals surface area contributed by atoms with Crippen LogP contribution in [0.5, 0.6) is 0 Å². The molecule has 0 aliphatic carbocycles. The smallest absolute Gasteiger partial charge is 0.0704 e. The average molecular weight is 246 g/mol. The van der Waals surface area contributed by atoms with E-state index >= 15 is 0 Å². The maximum atomic E-state index is 5.33. The molecule has 0 saturated heterocycles. The van der Waals surface area contributed by atoms with Crippen LogP contribution in [0.2, 0.25) is 0 Å². The molecule has 0 fully saturated rings. The summed E-state index contributed by atoms with van der Waals surface area (Å²) in [5.74, 6) is 0. The van der Waals surface area contributed by atoms with E-state index < -0.39 is 0 Å². The van der Waals surface area contributed by atoms with Gasteiger partial charge in [-0.1, -0.05) is 12.2 Å². The van der Waals surface area contributed by atoms with Gasteiger partial charge in [-0.15, -0.1) is 0 Å². The SMILES string of the molecule is C1=C/COCCOCCOCCOCCOC/1. The van der Waals surface area contributed by atoms with Crippen LogP contribution in [0.1, 0.15) is 0 Å². The lowest BCUT2D eigenvalue weighted by molar-refractivity contribution is -0.00665. The molecule has 0 radical (unpaired) electrons. The summed E-state index contributed by atoms with van der Waals surface area (Å²) < 4.78 is 26.6. The molecule has 17 heavy (non-hydrogen) atoms. The molecule has 1 aliphatic rings. The van der Waals surface area contributed by atoms with Crippen molar-refractivity contribution in [2.24, 2.45) is 0 Å². The normalized spacial score (nSPS) is 24.9. The van der Waals surface area contributed by atoms with Crippen molar-refractivity contribution < 1.29 is 23.7 Å². The summed E-state index contributed by atoms with van der Waals surface area (Å²) in [4.78, 5) is 0. The topological polar surface area (TPSA) is 46.2 Å². The molecule has 0 atom stereocenters. The van der Waals surface area contributed by atoms with Gasteiger partial charge in [0.25, 0.3) is 0 Å². The van der Waals surface area contributed by atoms with Crippen molar-refractivity contribution in [2.75, 3.05) is 66.1 Å². The molecule has 0 aromatic heterocycles. The second-order valence-electron chi connectivity index (χ2n) is 3.46. The summed E-state index contributed by atoms with van der Waals surface area (Å²) >= 11 is 0. The zero-order valence-corrected chi connectivity index (χ0v) is 10.3. The van der Waals surface area contributed by atoms with Gasteiger partial charge in [0.15, 0.2) is 0 Å². The Kier molecular flexibility index (Phi) is 10.3. The minimum atomic E-state index is 0.597. The summed E-state index contributed by atoms with van der Waals surface area (Å²) in [5.41, 5.74) is 0. The van der Waals surface area contributed by atoms with Crippen LogP contribution in [0.3, 0.4) is 0 Å². The molecule has 0 amide bonds. The van der Waals surface area contributed by atoms with E-state index in [-0.39, 0.29) is 0 Å². The molecule has 1 aliphatic heterocycles. The lowest BCUT2D eigenvalue weighted by Crippen LogP contribution is -2.12. The number of ether oxygens (including phenoxy) is 5. The molecular formula is C12H22O5. The van der Waals surface area contributed by atoms with Crippen LogP contribution in [0.25, 0.3) is 0 Å². The maximum Gasteiger partial charge on any atom is 0.0704 e. The Bertz CT molecular complexity index is 166. The number of hydrogen-bond acceptors (Lipinski definition) is 5. The predicted molar refractivity (Wildman–Crippen MR) is 63.2 cm³/mol. The third kappa shape index (κ3) is 10.4. The van der Waals surface area contributed by atoms with E-state index in [4.69, 9.17) is 23.7 Å². The van der Waals surface area contributed by atoms with Gasteiger partial charge in [-0.3, -0.25) is 0 Å². The molecule has 1 rings (SSSR count). The van der Waals surface area contributed by atoms with Crippen LogP contribution in [0.4, 0.5) is 0 Å². The molecule has 0 N–H and O–H groups in total. The molecule has 1 heterocycles. The van der Waals surface area contributed by atoms with Gasteiger partial charge in [-0.05, 0) is 0 Å². The summed E-state index contributed by atoms with van der Waals surface area (Å²) in [7, 11) is 0.